The van der Waals surface area contributed by atoms with Gasteiger partial charge in [-0.3, -0.25) is 33.7 Å². The molecule has 4 heterocycles. The van der Waals surface area contributed by atoms with Crippen LogP contribution in [0.25, 0.3) is 11.1 Å². The van der Waals surface area contributed by atoms with Gasteiger partial charge < -0.3 is 100 Å². The van der Waals surface area contributed by atoms with Crippen molar-refractivity contribution < 1.29 is 108 Å². The number of amides is 6. The Kier molecular flexibility index (Phi) is 22.2. The number of benzene rings is 2. The molecule has 4 fully saturated rings. The Labute approximate surface area is 453 Å². The van der Waals surface area contributed by atoms with Crippen LogP contribution in [-0.2, 0) is 52.4 Å². The topological polar surface area (TPSA) is 400 Å². The monoisotopic (exact) mass is 1120 g/mol. The van der Waals surface area contributed by atoms with E-state index in [2.05, 4.69) is 21.3 Å². The van der Waals surface area contributed by atoms with E-state index in [0.717, 1.165) is 30.9 Å². The minimum Gasteiger partial charge on any atom is -0.484 e. The lowest BCUT2D eigenvalue weighted by Crippen LogP contribution is -2.68. The molecule has 4 aliphatic heterocycles. The summed E-state index contributed by atoms with van der Waals surface area (Å²) in [6.45, 7) is -0.806. The second-order valence-electron chi connectivity index (χ2n) is 19.9. The molecule has 2 aromatic carbocycles. The van der Waals surface area contributed by atoms with Crippen LogP contribution in [0.3, 0.4) is 0 Å². The van der Waals surface area contributed by atoms with Crippen molar-refractivity contribution in [1.29, 1.82) is 0 Å². The fourth-order valence-corrected chi connectivity index (χ4v) is 9.95. The van der Waals surface area contributed by atoms with Gasteiger partial charge in [-0.1, -0.05) is 24.3 Å². The summed E-state index contributed by atoms with van der Waals surface area (Å²) >= 11 is 0. The number of hydrogen-bond donors (Lipinski definition) is 13. The molecule has 6 amide bonds. The average Bonchev–Trinajstić information content (AvgIpc) is 3.77. The molecular formula is C52H71N5O22. The molecule has 7 rings (SSSR count). The molecule has 1 saturated carbocycles. The minimum absolute atomic E-state index is 0.0870. The number of carbonyl (C=O) groups excluding carboxylic acids is 6. The highest BCUT2D eigenvalue weighted by molar-refractivity contribution is 6.12. The van der Waals surface area contributed by atoms with Gasteiger partial charge in [0.1, 0.15) is 78.9 Å². The highest BCUT2D eigenvalue weighted by atomic mass is 16.8. The van der Waals surface area contributed by atoms with Gasteiger partial charge in [0.25, 0.3) is 23.6 Å². The third-order valence-electron chi connectivity index (χ3n) is 14.4. The van der Waals surface area contributed by atoms with Crippen LogP contribution in [0.15, 0.2) is 60.7 Å². The lowest BCUT2D eigenvalue weighted by molar-refractivity contribution is -0.376. The predicted molar refractivity (Wildman–Crippen MR) is 268 cm³/mol. The first-order valence-electron chi connectivity index (χ1n) is 26.2. The summed E-state index contributed by atoms with van der Waals surface area (Å²) in [5, 5.41) is 105. The van der Waals surface area contributed by atoms with Crippen LogP contribution < -0.4 is 26.0 Å². The standard InChI is InChI=1S/C52H71N5O22/c1-26(61)56-39-42(67)46(78-52-45(70)47(41(66)34(23-59)76-52)79-51-44(69)43(68)40(65)33(22-58)75-51)35(24-60)77-50(39)73-19-3-16-53-36(62)25-74-32-12-10-28(11-13-32)30-4-2-5-31(20-30)49(72)55-18-17-54-48(71)29-8-6-27(7-9-29)21-57-37(63)14-15-38(57)64/h2,4-5,10-15,20,27,29,33-35,39-47,50-52,58-60,65-70H,3,6-9,16-19,21-25H2,1H3,(H,53,62)(H,54,71)(H,55,72)(H,56,61)/t27?,29?,33?,34?,35?,39?,40-,41-,42?,43?,44+,45?,46+,47?,50+,51+,52-/m0/s1. The van der Waals surface area contributed by atoms with Crippen molar-refractivity contribution in [2.24, 2.45) is 11.8 Å². The molecule has 15 atom stereocenters. The number of rotatable bonds is 24. The number of nitrogens with zero attached hydrogens (tertiary/aromatic N) is 1. The van der Waals surface area contributed by atoms with Gasteiger partial charge in [0.2, 0.25) is 11.8 Å². The molecule has 0 aromatic heterocycles. The largest absolute Gasteiger partial charge is 0.484 e. The van der Waals surface area contributed by atoms with E-state index in [0.29, 0.717) is 30.7 Å². The zero-order chi connectivity index (χ0) is 56.9. The van der Waals surface area contributed by atoms with Crippen LogP contribution in [0.5, 0.6) is 5.75 Å². The maximum atomic E-state index is 13.0. The van der Waals surface area contributed by atoms with Crippen molar-refractivity contribution >= 4 is 35.4 Å². The quantitative estimate of drug-likeness (QED) is 0.0348. The van der Waals surface area contributed by atoms with Gasteiger partial charge in [0.15, 0.2) is 25.5 Å². The molecule has 8 unspecified atom stereocenters. The van der Waals surface area contributed by atoms with E-state index < -0.39 is 124 Å². The van der Waals surface area contributed by atoms with Gasteiger partial charge in [-0.25, -0.2) is 0 Å². The normalized spacial score (nSPS) is 32.8. The predicted octanol–water partition coefficient (Wildman–Crippen LogP) is -4.58. The van der Waals surface area contributed by atoms with E-state index in [1.807, 2.05) is 6.07 Å². The van der Waals surface area contributed by atoms with Gasteiger partial charge in [-0.2, -0.15) is 0 Å². The number of aliphatic hydroxyl groups excluding tert-OH is 9. The zero-order valence-electron chi connectivity index (χ0n) is 43.3. The number of nitrogens with one attached hydrogen (secondary N) is 4. The van der Waals surface area contributed by atoms with E-state index in [1.54, 1.807) is 42.5 Å². The van der Waals surface area contributed by atoms with Crippen LogP contribution in [-0.4, -0.2) is 238 Å². The Morgan fingerprint density at radius 3 is 1.92 bits per heavy atom. The van der Waals surface area contributed by atoms with Crippen LogP contribution in [0.1, 0.15) is 49.4 Å². The zero-order valence-corrected chi connectivity index (χ0v) is 43.3. The van der Waals surface area contributed by atoms with Crippen molar-refractivity contribution in [3.05, 3.63) is 66.2 Å². The maximum absolute atomic E-state index is 13.0. The second kappa shape index (κ2) is 28.7. The van der Waals surface area contributed by atoms with Crippen molar-refractivity contribution in [3.8, 4) is 16.9 Å². The Balaban J connectivity index is 0.810. The van der Waals surface area contributed by atoms with E-state index in [4.69, 9.17) is 33.2 Å². The summed E-state index contributed by atoms with van der Waals surface area (Å²) in [4.78, 5) is 75.9. The number of aliphatic hydroxyl groups is 9. The van der Waals surface area contributed by atoms with Gasteiger partial charge >= 0.3 is 0 Å². The number of hydrogen-bond acceptors (Lipinski definition) is 22. The lowest BCUT2D eigenvalue weighted by atomic mass is 9.81. The highest BCUT2D eigenvalue weighted by Crippen LogP contribution is 2.34. The van der Waals surface area contributed by atoms with Crippen molar-refractivity contribution in [3.63, 3.8) is 0 Å². The van der Waals surface area contributed by atoms with Gasteiger partial charge in [-0.15, -0.1) is 0 Å². The minimum atomic E-state index is -1.98. The Bertz CT molecular complexity index is 2390. The SMILES string of the molecule is CC(=O)NC1C(O)[C@H](O[C@@H]2OC(CO)[C@H](O)C(O[C@H]3OC(CO)[C@H](O)C(O)[C@H]3O)C2O)C(CO)O[C@H]1OCCCNC(=O)COc1ccc(-c2cccc(C(=O)NCCNC(=O)C3CCC(CN4C(=O)C=CC4=O)CC3)c2)cc1. The molecule has 13 N–H and O–H groups in total. The first-order chi connectivity index (χ1) is 37.9. The van der Waals surface area contributed by atoms with E-state index in [9.17, 15) is 74.7 Å². The molecule has 2 aromatic rings. The molecule has 5 aliphatic rings. The lowest BCUT2D eigenvalue weighted by Gasteiger charge is -2.48. The average molecular weight is 1120 g/mol. The number of imide groups is 1. The molecule has 436 valence electrons. The van der Waals surface area contributed by atoms with Gasteiger partial charge in [0.05, 0.1) is 26.4 Å². The molecule has 79 heavy (non-hydrogen) atoms. The second-order valence-corrected chi connectivity index (χ2v) is 19.9. The first kappa shape index (κ1) is 61.0. The maximum Gasteiger partial charge on any atom is 0.257 e. The Morgan fingerprint density at radius 1 is 0.646 bits per heavy atom. The Morgan fingerprint density at radius 2 is 1.27 bits per heavy atom. The van der Waals surface area contributed by atoms with E-state index in [1.165, 1.54) is 17.1 Å². The van der Waals surface area contributed by atoms with Gasteiger partial charge in [0, 0.05) is 56.7 Å². The summed E-state index contributed by atoms with van der Waals surface area (Å²) in [5.74, 6) is -1.73. The summed E-state index contributed by atoms with van der Waals surface area (Å²) in [6, 6.07) is 12.5. The molecule has 0 radical (unpaired) electrons. The third-order valence-corrected chi connectivity index (χ3v) is 14.4. The molecule has 27 nitrogen and oxygen atoms in total. The first-order valence-corrected chi connectivity index (χ1v) is 26.2. The van der Waals surface area contributed by atoms with Crippen LogP contribution in [0.4, 0.5) is 0 Å². The molecule has 0 spiro atoms. The van der Waals surface area contributed by atoms with E-state index >= 15 is 0 Å². The molecule has 1 aliphatic carbocycles. The third kappa shape index (κ3) is 15.7. The van der Waals surface area contributed by atoms with Crippen molar-refractivity contribution in [1.82, 2.24) is 26.2 Å². The molecule has 3 saturated heterocycles. The smallest absolute Gasteiger partial charge is 0.257 e. The molecular weight excluding hydrogens is 1050 g/mol. The van der Waals surface area contributed by atoms with Crippen LogP contribution in [0, 0.1) is 11.8 Å². The van der Waals surface area contributed by atoms with Gasteiger partial charge in [-0.05, 0) is 73.4 Å². The Hall–Kier alpha value is -5.60. The summed E-state index contributed by atoms with van der Waals surface area (Å²) in [6.07, 6.45) is -18.3. The fourth-order valence-electron chi connectivity index (χ4n) is 9.95. The summed E-state index contributed by atoms with van der Waals surface area (Å²) in [5.41, 5.74) is 1.94. The van der Waals surface area contributed by atoms with Crippen molar-refractivity contribution in [2.45, 2.75) is 131 Å². The summed E-state index contributed by atoms with van der Waals surface area (Å²) < 4.78 is 39.8. The summed E-state index contributed by atoms with van der Waals surface area (Å²) in [7, 11) is 0. The van der Waals surface area contributed by atoms with Crippen molar-refractivity contribution in [2.75, 3.05) is 59.2 Å². The molecule has 0 bridgehead atoms. The van der Waals surface area contributed by atoms with Crippen LogP contribution >= 0.6 is 0 Å². The van der Waals surface area contributed by atoms with E-state index in [-0.39, 0.29) is 74.7 Å². The van der Waals surface area contributed by atoms with Crippen LogP contribution in [0.2, 0.25) is 0 Å². The number of ether oxygens (including phenoxy) is 7. The molecule has 27 heteroatoms. The number of carbonyl (C=O) groups is 6. The fraction of sp³-hybridized carbons (Fsp3) is 0.615. The highest BCUT2D eigenvalue weighted by Gasteiger charge is 2.54.